The topological polar surface area (TPSA) is 75.4 Å². The number of amides is 2. The monoisotopic (exact) mass is 187 g/mol. The molecule has 0 rings (SSSR count). The Morgan fingerprint density at radius 2 is 2.00 bits per heavy atom. The van der Waals surface area contributed by atoms with Crippen molar-refractivity contribution in [3.8, 4) is 0 Å². The van der Waals surface area contributed by atoms with Gasteiger partial charge in [-0.05, 0) is 13.0 Å². The highest BCUT2D eigenvalue weighted by molar-refractivity contribution is 5.80. The van der Waals surface area contributed by atoms with Crippen LogP contribution in [-0.2, 0) is 9.59 Å². The van der Waals surface area contributed by atoms with Crippen molar-refractivity contribution in [1.82, 2.24) is 10.2 Å². The van der Waals surface area contributed by atoms with Gasteiger partial charge in [0.1, 0.15) is 0 Å². The van der Waals surface area contributed by atoms with Crippen molar-refractivity contribution in [3.63, 3.8) is 0 Å². The molecule has 0 spiro atoms. The van der Waals surface area contributed by atoms with Gasteiger partial charge in [-0.2, -0.15) is 0 Å². The number of likely N-dealkylation sites (N-methyl/N-ethyl adjacent to an activating group) is 1. The summed E-state index contributed by atoms with van der Waals surface area (Å²) in [5.74, 6) is -0.507. The zero-order valence-electron chi connectivity index (χ0n) is 8.17. The van der Waals surface area contributed by atoms with Crippen molar-refractivity contribution in [2.45, 2.75) is 13.3 Å². The average Bonchev–Trinajstić information content (AvgIpc) is 2.03. The van der Waals surface area contributed by atoms with Gasteiger partial charge in [0.2, 0.25) is 11.8 Å². The van der Waals surface area contributed by atoms with Crippen LogP contribution in [0.25, 0.3) is 0 Å². The van der Waals surface area contributed by atoms with Crippen molar-refractivity contribution in [2.24, 2.45) is 5.73 Å². The van der Waals surface area contributed by atoms with Crippen LogP contribution in [0.2, 0.25) is 0 Å². The third-order valence-electron chi connectivity index (χ3n) is 1.57. The second kappa shape index (κ2) is 6.42. The molecule has 5 heteroatoms. The van der Waals surface area contributed by atoms with Gasteiger partial charge in [0.05, 0.1) is 13.1 Å². The van der Waals surface area contributed by atoms with Gasteiger partial charge in [0, 0.05) is 7.05 Å². The van der Waals surface area contributed by atoms with E-state index in [1.165, 1.54) is 0 Å². The lowest BCUT2D eigenvalue weighted by molar-refractivity contribution is -0.123. The normalized spacial score (nSPS) is 10.1. The number of carbonyl (C=O) groups excluding carboxylic acids is 2. The number of rotatable bonds is 6. The van der Waals surface area contributed by atoms with Crippen LogP contribution >= 0.6 is 0 Å². The minimum atomic E-state index is -0.405. The van der Waals surface area contributed by atoms with Crippen LogP contribution in [0.5, 0.6) is 0 Å². The molecule has 13 heavy (non-hydrogen) atoms. The van der Waals surface area contributed by atoms with E-state index < -0.39 is 5.91 Å². The molecule has 2 amide bonds. The molecule has 76 valence electrons. The average molecular weight is 187 g/mol. The van der Waals surface area contributed by atoms with Gasteiger partial charge in [0.25, 0.3) is 0 Å². The van der Waals surface area contributed by atoms with Gasteiger partial charge >= 0.3 is 0 Å². The van der Waals surface area contributed by atoms with E-state index >= 15 is 0 Å². The van der Waals surface area contributed by atoms with Crippen molar-refractivity contribution in [2.75, 3.05) is 26.7 Å². The standard InChI is InChI=1S/C8H17N3O2/c1-3-4-11(5-7(9)12)6-8(13)10-2/h3-6H2,1-2H3,(H2,9,12)(H,10,13). The maximum absolute atomic E-state index is 11.0. The Morgan fingerprint density at radius 1 is 1.38 bits per heavy atom. The molecule has 0 fully saturated rings. The molecule has 0 aliphatic heterocycles. The fourth-order valence-electron chi connectivity index (χ4n) is 1.03. The lowest BCUT2D eigenvalue weighted by Crippen LogP contribution is -2.40. The van der Waals surface area contributed by atoms with Crippen LogP contribution in [0, 0.1) is 0 Å². The van der Waals surface area contributed by atoms with Crippen molar-refractivity contribution in [1.29, 1.82) is 0 Å². The number of carbonyl (C=O) groups is 2. The number of hydrogen-bond acceptors (Lipinski definition) is 3. The summed E-state index contributed by atoms with van der Waals surface area (Å²) in [7, 11) is 1.57. The van der Waals surface area contributed by atoms with Crippen molar-refractivity contribution in [3.05, 3.63) is 0 Å². The fraction of sp³-hybridized carbons (Fsp3) is 0.750. The molecule has 0 bridgehead atoms. The van der Waals surface area contributed by atoms with Crippen LogP contribution in [0.3, 0.4) is 0 Å². The quantitative estimate of drug-likeness (QED) is 0.556. The Bertz CT molecular complexity index is 182. The maximum Gasteiger partial charge on any atom is 0.233 e. The van der Waals surface area contributed by atoms with E-state index in [0.717, 1.165) is 6.42 Å². The molecule has 0 radical (unpaired) electrons. The number of nitrogens with one attached hydrogen (secondary N) is 1. The van der Waals surface area contributed by atoms with E-state index in [2.05, 4.69) is 5.32 Å². The predicted molar refractivity (Wildman–Crippen MR) is 50.0 cm³/mol. The summed E-state index contributed by atoms with van der Waals surface area (Å²) in [6.45, 7) is 3.06. The number of hydrogen-bond donors (Lipinski definition) is 2. The van der Waals surface area contributed by atoms with Gasteiger partial charge in [-0.3, -0.25) is 14.5 Å². The smallest absolute Gasteiger partial charge is 0.233 e. The number of nitrogens with zero attached hydrogens (tertiary/aromatic N) is 1. The minimum Gasteiger partial charge on any atom is -0.369 e. The number of primary amides is 1. The van der Waals surface area contributed by atoms with E-state index in [-0.39, 0.29) is 19.0 Å². The predicted octanol–water partition coefficient (Wildman–Crippen LogP) is -1.07. The summed E-state index contributed by atoms with van der Waals surface area (Å²) in [5.41, 5.74) is 5.03. The first-order valence-corrected chi connectivity index (χ1v) is 4.31. The third kappa shape index (κ3) is 6.10. The Kier molecular flexibility index (Phi) is 5.88. The molecule has 0 atom stereocenters. The second-order valence-electron chi connectivity index (χ2n) is 2.85. The highest BCUT2D eigenvalue weighted by Gasteiger charge is 2.10. The molecule has 0 aromatic rings. The van der Waals surface area contributed by atoms with Crippen molar-refractivity contribution < 1.29 is 9.59 Å². The zero-order chi connectivity index (χ0) is 10.3. The van der Waals surface area contributed by atoms with Crippen LogP contribution in [-0.4, -0.2) is 43.4 Å². The lowest BCUT2D eigenvalue weighted by atomic mass is 10.3. The molecule has 0 heterocycles. The molecule has 3 N–H and O–H groups in total. The molecule has 0 unspecified atom stereocenters. The Morgan fingerprint density at radius 3 is 2.38 bits per heavy atom. The Balaban J connectivity index is 3.93. The summed E-state index contributed by atoms with van der Waals surface area (Å²) in [5, 5.41) is 2.49. The van der Waals surface area contributed by atoms with E-state index in [9.17, 15) is 9.59 Å². The molecule has 0 aliphatic rings. The van der Waals surface area contributed by atoms with Gasteiger partial charge < -0.3 is 11.1 Å². The van der Waals surface area contributed by atoms with E-state index in [0.29, 0.717) is 6.54 Å². The highest BCUT2D eigenvalue weighted by Crippen LogP contribution is 1.89. The van der Waals surface area contributed by atoms with Gasteiger partial charge in [0.15, 0.2) is 0 Å². The molecule has 0 aromatic carbocycles. The van der Waals surface area contributed by atoms with E-state index in [4.69, 9.17) is 5.73 Å². The first-order valence-electron chi connectivity index (χ1n) is 4.31. The van der Waals surface area contributed by atoms with Gasteiger partial charge in [-0.15, -0.1) is 0 Å². The first-order chi connectivity index (χ1) is 6.10. The number of nitrogens with two attached hydrogens (primary N) is 1. The molecule has 0 saturated heterocycles. The first kappa shape index (κ1) is 11.9. The minimum absolute atomic E-state index is 0.102. The maximum atomic E-state index is 11.0. The Hall–Kier alpha value is -1.10. The third-order valence-corrected chi connectivity index (χ3v) is 1.57. The largest absolute Gasteiger partial charge is 0.369 e. The molecular weight excluding hydrogens is 170 g/mol. The summed E-state index contributed by atoms with van der Waals surface area (Å²) in [6.07, 6.45) is 0.893. The lowest BCUT2D eigenvalue weighted by Gasteiger charge is -2.18. The SMILES string of the molecule is CCCN(CC(N)=O)CC(=O)NC. The second-order valence-corrected chi connectivity index (χ2v) is 2.85. The van der Waals surface area contributed by atoms with Crippen LogP contribution in [0.4, 0.5) is 0 Å². The van der Waals surface area contributed by atoms with E-state index in [1.54, 1.807) is 11.9 Å². The summed E-state index contributed by atoms with van der Waals surface area (Å²) in [4.78, 5) is 23.3. The Labute approximate surface area is 78.3 Å². The van der Waals surface area contributed by atoms with Crippen LogP contribution < -0.4 is 11.1 Å². The van der Waals surface area contributed by atoms with Crippen LogP contribution in [0.1, 0.15) is 13.3 Å². The van der Waals surface area contributed by atoms with E-state index in [1.807, 2.05) is 6.92 Å². The molecular formula is C8H17N3O2. The van der Waals surface area contributed by atoms with Crippen molar-refractivity contribution >= 4 is 11.8 Å². The highest BCUT2D eigenvalue weighted by atomic mass is 16.2. The van der Waals surface area contributed by atoms with Crippen LogP contribution in [0.15, 0.2) is 0 Å². The molecule has 0 saturated carbocycles. The summed E-state index contributed by atoms with van der Waals surface area (Å²) in [6, 6.07) is 0. The molecule has 5 nitrogen and oxygen atoms in total. The zero-order valence-corrected chi connectivity index (χ0v) is 8.17. The molecule has 0 aromatic heterocycles. The summed E-state index contributed by atoms with van der Waals surface area (Å²) < 4.78 is 0. The summed E-state index contributed by atoms with van der Waals surface area (Å²) >= 11 is 0. The molecule has 0 aliphatic carbocycles. The van der Waals surface area contributed by atoms with Gasteiger partial charge in [-0.1, -0.05) is 6.92 Å². The van der Waals surface area contributed by atoms with Gasteiger partial charge in [-0.25, -0.2) is 0 Å². The fourth-order valence-corrected chi connectivity index (χ4v) is 1.03.